The highest BCUT2D eigenvalue weighted by Crippen LogP contribution is 2.29. The highest BCUT2D eigenvalue weighted by atomic mass is 35.5. The zero-order valence-corrected chi connectivity index (χ0v) is 21.7. The Balaban J connectivity index is 1.37. The minimum Gasteiger partial charge on any atom is -0.489 e. The van der Waals surface area contributed by atoms with Gasteiger partial charge in [-0.15, -0.1) is 0 Å². The van der Waals surface area contributed by atoms with Gasteiger partial charge in [0.05, 0.1) is 5.69 Å². The van der Waals surface area contributed by atoms with E-state index in [1.54, 1.807) is 48.5 Å². The first-order valence-electron chi connectivity index (χ1n) is 12.2. The predicted octanol–water partition coefficient (Wildman–Crippen LogP) is 6.30. The van der Waals surface area contributed by atoms with E-state index in [0.717, 1.165) is 10.5 Å². The van der Waals surface area contributed by atoms with Crippen molar-refractivity contribution in [3.63, 3.8) is 0 Å². The Kier molecular flexibility index (Phi) is 7.89. The van der Waals surface area contributed by atoms with Gasteiger partial charge in [0.2, 0.25) is 0 Å². The number of amides is 4. The van der Waals surface area contributed by atoms with Crippen molar-refractivity contribution in [3.8, 4) is 11.5 Å². The Bertz CT molecular complexity index is 1610. The molecular formula is C31H22ClFN2O5. The number of carbonyl (C=O) groups is 3. The van der Waals surface area contributed by atoms with Crippen molar-refractivity contribution in [3.05, 3.63) is 130 Å². The largest absolute Gasteiger partial charge is 0.489 e. The van der Waals surface area contributed by atoms with Crippen LogP contribution in [0.1, 0.15) is 16.7 Å². The number of anilines is 1. The molecule has 1 N–H and O–H groups in total. The zero-order valence-electron chi connectivity index (χ0n) is 21.0. The molecule has 0 saturated carbocycles. The molecule has 1 heterocycles. The summed E-state index contributed by atoms with van der Waals surface area (Å²) in [5, 5.41) is 2.54. The number of barbiturate groups is 1. The normalized spacial score (nSPS) is 14.3. The van der Waals surface area contributed by atoms with E-state index in [4.69, 9.17) is 21.1 Å². The third-order valence-electron chi connectivity index (χ3n) is 6.00. The molecule has 1 aliphatic rings. The van der Waals surface area contributed by atoms with E-state index >= 15 is 0 Å². The lowest BCUT2D eigenvalue weighted by molar-refractivity contribution is -0.122. The lowest BCUT2D eigenvalue weighted by Gasteiger charge is -2.26. The second-order valence-corrected chi connectivity index (χ2v) is 9.26. The van der Waals surface area contributed by atoms with Crippen molar-refractivity contribution in [2.75, 3.05) is 4.90 Å². The molecule has 5 rings (SSSR count). The molecule has 0 atom stereocenters. The minimum atomic E-state index is -0.876. The Morgan fingerprint density at radius 1 is 0.800 bits per heavy atom. The van der Waals surface area contributed by atoms with Crippen LogP contribution in [0.3, 0.4) is 0 Å². The van der Waals surface area contributed by atoms with Crippen LogP contribution in [0.5, 0.6) is 11.5 Å². The fourth-order valence-corrected chi connectivity index (χ4v) is 4.21. The summed E-state index contributed by atoms with van der Waals surface area (Å²) in [6, 6.07) is 25.7. The van der Waals surface area contributed by atoms with Crippen molar-refractivity contribution in [1.29, 1.82) is 0 Å². The molecule has 200 valence electrons. The summed E-state index contributed by atoms with van der Waals surface area (Å²) < 4.78 is 25.2. The molecule has 0 unspecified atom stereocenters. The monoisotopic (exact) mass is 556 g/mol. The summed E-state index contributed by atoms with van der Waals surface area (Å²) in [7, 11) is 0. The molecule has 0 aromatic heterocycles. The first kappa shape index (κ1) is 26.6. The van der Waals surface area contributed by atoms with Gasteiger partial charge in [0.1, 0.15) is 36.1 Å². The second-order valence-electron chi connectivity index (χ2n) is 8.83. The summed E-state index contributed by atoms with van der Waals surface area (Å²) in [5.74, 6) is -1.22. The van der Waals surface area contributed by atoms with Crippen LogP contribution in [0.4, 0.5) is 14.9 Å². The van der Waals surface area contributed by atoms with Gasteiger partial charge < -0.3 is 9.47 Å². The van der Waals surface area contributed by atoms with Crippen LogP contribution < -0.4 is 19.7 Å². The second kappa shape index (κ2) is 11.8. The molecule has 0 bridgehead atoms. The molecule has 1 saturated heterocycles. The molecule has 0 aliphatic carbocycles. The van der Waals surface area contributed by atoms with Gasteiger partial charge in [0, 0.05) is 10.6 Å². The van der Waals surface area contributed by atoms with E-state index in [-0.39, 0.29) is 17.9 Å². The molecule has 0 radical (unpaired) electrons. The smallest absolute Gasteiger partial charge is 0.335 e. The van der Waals surface area contributed by atoms with Crippen molar-refractivity contribution < 1.29 is 28.2 Å². The maximum Gasteiger partial charge on any atom is 0.335 e. The molecule has 7 nitrogen and oxygen atoms in total. The summed E-state index contributed by atoms with van der Waals surface area (Å²) in [6.07, 6.45) is 1.31. The Morgan fingerprint density at radius 3 is 2.27 bits per heavy atom. The van der Waals surface area contributed by atoms with E-state index in [9.17, 15) is 18.8 Å². The van der Waals surface area contributed by atoms with E-state index in [1.165, 1.54) is 24.3 Å². The Labute approximate surface area is 234 Å². The standard InChI is InChI=1S/C31H22ClFN2O5/c32-23-9-14-28(40-19-21-7-4-8-24(33)15-21)22(16-23)17-27-29(36)34-31(38)35(30(27)37)25-10-12-26(13-11-25)39-18-20-5-2-1-3-6-20/h1-17H,18-19H2,(H,34,36,38)/b27-17+. The molecule has 4 amide bonds. The molecule has 1 fully saturated rings. The number of nitrogens with zero attached hydrogens (tertiary/aromatic N) is 1. The van der Waals surface area contributed by atoms with Gasteiger partial charge in [-0.2, -0.15) is 0 Å². The Morgan fingerprint density at radius 2 is 1.52 bits per heavy atom. The van der Waals surface area contributed by atoms with Gasteiger partial charge in [0.25, 0.3) is 11.8 Å². The summed E-state index contributed by atoms with van der Waals surface area (Å²) >= 11 is 6.18. The number of hydrogen-bond acceptors (Lipinski definition) is 5. The van der Waals surface area contributed by atoms with Gasteiger partial charge in [-0.25, -0.2) is 14.1 Å². The van der Waals surface area contributed by atoms with E-state index < -0.39 is 23.7 Å². The average Bonchev–Trinajstić information content (AvgIpc) is 2.95. The Hall–Kier alpha value is -4.95. The van der Waals surface area contributed by atoms with Crippen LogP contribution in [-0.2, 0) is 22.8 Å². The highest BCUT2D eigenvalue weighted by Gasteiger charge is 2.37. The SMILES string of the molecule is O=C1NC(=O)N(c2ccc(OCc3ccccc3)cc2)C(=O)/C1=C/c1cc(Cl)ccc1OCc1cccc(F)c1. The maximum absolute atomic E-state index is 13.6. The number of rotatable bonds is 8. The van der Waals surface area contributed by atoms with Gasteiger partial charge in [0.15, 0.2) is 0 Å². The zero-order chi connectivity index (χ0) is 28.1. The number of halogens is 2. The minimum absolute atomic E-state index is 0.0407. The summed E-state index contributed by atoms with van der Waals surface area (Å²) in [6.45, 7) is 0.396. The van der Waals surface area contributed by atoms with Crippen LogP contribution in [0, 0.1) is 5.82 Å². The number of carbonyl (C=O) groups excluding carboxylic acids is 3. The van der Waals surface area contributed by atoms with Crippen LogP contribution in [0.25, 0.3) is 6.08 Å². The van der Waals surface area contributed by atoms with E-state index in [0.29, 0.717) is 34.3 Å². The third-order valence-corrected chi connectivity index (χ3v) is 6.24. The predicted molar refractivity (Wildman–Crippen MR) is 148 cm³/mol. The lowest BCUT2D eigenvalue weighted by Crippen LogP contribution is -2.54. The van der Waals surface area contributed by atoms with Crippen molar-refractivity contribution in [2.45, 2.75) is 13.2 Å². The van der Waals surface area contributed by atoms with Crippen molar-refractivity contribution >= 4 is 41.2 Å². The van der Waals surface area contributed by atoms with Gasteiger partial charge in [-0.05, 0) is 71.8 Å². The first-order valence-corrected chi connectivity index (χ1v) is 12.6. The maximum atomic E-state index is 13.6. The van der Waals surface area contributed by atoms with Crippen molar-refractivity contribution in [1.82, 2.24) is 5.32 Å². The van der Waals surface area contributed by atoms with Gasteiger partial charge in [-0.1, -0.05) is 54.1 Å². The van der Waals surface area contributed by atoms with E-state index in [1.807, 2.05) is 30.3 Å². The molecule has 4 aromatic carbocycles. The topological polar surface area (TPSA) is 84.9 Å². The number of benzene rings is 4. The number of ether oxygens (including phenoxy) is 2. The number of urea groups is 1. The third kappa shape index (κ3) is 6.19. The number of hydrogen-bond donors (Lipinski definition) is 1. The van der Waals surface area contributed by atoms with Gasteiger partial charge >= 0.3 is 6.03 Å². The molecule has 40 heavy (non-hydrogen) atoms. The van der Waals surface area contributed by atoms with Crippen LogP contribution >= 0.6 is 11.6 Å². The fourth-order valence-electron chi connectivity index (χ4n) is 4.03. The molecule has 9 heteroatoms. The molecule has 1 aliphatic heterocycles. The average molecular weight is 557 g/mol. The summed E-state index contributed by atoms with van der Waals surface area (Å²) in [5.41, 5.74) is 1.88. The first-order chi connectivity index (χ1) is 19.4. The molecule has 4 aromatic rings. The molecule has 0 spiro atoms. The quantitative estimate of drug-likeness (QED) is 0.203. The van der Waals surface area contributed by atoms with Crippen LogP contribution in [-0.4, -0.2) is 17.8 Å². The summed E-state index contributed by atoms with van der Waals surface area (Å²) in [4.78, 5) is 39.6. The van der Waals surface area contributed by atoms with Crippen molar-refractivity contribution in [2.24, 2.45) is 0 Å². The number of nitrogens with one attached hydrogen (secondary N) is 1. The van der Waals surface area contributed by atoms with Crippen LogP contribution in [0.15, 0.2) is 103 Å². The molecular weight excluding hydrogens is 535 g/mol. The highest BCUT2D eigenvalue weighted by molar-refractivity contribution is 6.39. The van der Waals surface area contributed by atoms with E-state index in [2.05, 4.69) is 5.32 Å². The lowest BCUT2D eigenvalue weighted by atomic mass is 10.1. The number of imide groups is 2. The van der Waals surface area contributed by atoms with Crippen LogP contribution in [0.2, 0.25) is 5.02 Å². The van der Waals surface area contributed by atoms with Gasteiger partial charge in [-0.3, -0.25) is 14.9 Å². The fraction of sp³-hybridized carbons (Fsp3) is 0.0645.